The van der Waals surface area contributed by atoms with Crippen LogP contribution >= 0.6 is 11.6 Å². The average molecular weight is 315 g/mol. The van der Waals surface area contributed by atoms with E-state index in [4.69, 9.17) is 21.3 Å². The van der Waals surface area contributed by atoms with Crippen molar-refractivity contribution in [1.82, 2.24) is 4.90 Å². The van der Waals surface area contributed by atoms with E-state index in [9.17, 15) is 0 Å². The predicted molar refractivity (Wildman–Crippen MR) is 91.4 cm³/mol. The monoisotopic (exact) mass is 314 g/mol. The first kappa shape index (κ1) is 15.1. The van der Waals surface area contributed by atoms with Crippen molar-refractivity contribution >= 4 is 17.3 Å². The highest BCUT2D eigenvalue weighted by Crippen LogP contribution is 2.28. The Hall–Kier alpha value is -1.84. The van der Waals surface area contributed by atoms with Crippen LogP contribution < -0.4 is 4.74 Å². The fourth-order valence-corrected chi connectivity index (χ4v) is 2.87. The minimum Gasteiger partial charge on any atom is -0.491 e. The molecule has 0 saturated carbocycles. The molecule has 0 amide bonds. The Morgan fingerprint density at radius 1 is 1.09 bits per heavy atom. The number of likely N-dealkylation sites (N-methyl/N-ethyl adjacent to an activating group) is 1. The molecule has 0 saturated heterocycles. The zero-order chi connectivity index (χ0) is 15.5. The van der Waals surface area contributed by atoms with Gasteiger partial charge in [0.1, 0.15) is 12.4 Å². The van der Waals surface area contributed by atoms with Crippen molar-refractivity contribution < 1.29 is 4.74 Å². The Morgan fingerprint density at radius 3 is 2.50 bits per heavy atom. The number of para-hydroxylation sites is 1. The highest BCUT2D eigenvalue weighted by Gasteiger charge is 2.22. The van der Waals surface area contributed by atoms with Crippen molar-refractivity contribution in [1.29, 1.82) is 0 Å². The lowest BCUT2D eigenvalue weighted by molar-refractivity contribution is 0.258. The van der Waals surface area contributed by atoms with Gasteiger partial charge in [-0.1, -0.05) is 41.9 Å². The molecule has 3 rings (SSSR count). The Labute approximate surface area is 136 Å². The molecule has 1 heterocycles. The maximum absolute atomic E-state index is 6.40. The quantitative estimate of drug-likeness (QED) is 0.866. The standard InChI is InChI=1S/C18H19ClN2O/c1-21(2)11-13-12-22-17-10-6-4-8-15(17)18(20-13)14-7-3-5-9-16(14)19/h3-10,13H,11-12H2,1-2H3. The van der Waals surface area contributed by atoms with Crippen molar-refractivity contribution in [3.63, 3.8) is 0 Å². The van der Waals surface area contributed by atoms with E-state index in [0.717, 1.165) is 29.1 Å². The van der Waals surface area contributed by atoms with Crippen molar-refractivity contribution in [2.45, 2.75) is 6.04 Å². The third-order valence-electron chi connectivity index (χ3n) is 3.59. The second-order valence-corrected chi connectivity index (χ2v) is 6.09. The third-order valence-corrected chi connectivity index (χ3v) is 3.92. The van der Waals surface area contributed by atoms with Crippen LogP contribution in [0.3, 0.4) is 0 Å². The van der Waals surface area contributed by atoms with E-state index in [2.05, 4.69) is 4.90 Å². The fourth-order valence-electron chi connectivity index (χ4n) is 2.65. The number of ether oxygens (including phenoxy) is 1. The summed E-state index contributed by atoms with van der Waals surface area (Å²) in [5.74, 6) is 0.863. The Balaban J connectivity index is 2.11. The van der Waals surface area contributed by atoms with Crippen LogP contribution in [0.5, 0.6) is 5.75 Å². The van der Waals surface area contributed by atoms with Gasteiger partial charge in [0.2, 0.25) is 0 Å². The molecule has 0 radical (unpaired) electrons. The van der Waals surface area contributed by atoms with Gasteiger partial charge in [-0.3, -0.25) is 4.99 Å². The molecule has 4 heteroatoms. The van der Waals surface area contributed by atoms with Crippen LogP contribution in [-0.4, -0.2) is 43.9 Å². The highest BCUT2D eigenvalue weighted by atomic mass is 35.5. The summed E-state index contributed by atoms with van der Waals surface area (Å²) in [5.41, 5.74) is 2.85. The summed E-state index contributed by atoms with van der Waals surface area (Å²) in [6.07, 6.45) is 0. The number of aliphatic imine (C=N–C) groups is 1. The molecule has 114 valence electrons. The molecule has 2 aromatic carbocycles. The molecule has 0 aromatic heterocycles. The molecule has 0 bridgehead atoms. The third kappa shape index (κ3) is 3.16. The number of rotatable bonds is 3. The average Bonchev–Trinajstić information content (AvgIpc) is 2.67. The number of halogens is 1. The minimum absolute atomic E-state index is 0.0775. The molecule has 0 spiro atoms. The lowest BCUT2D eigenvalue weighted by Crippen LogP contribution is -2.29. The summed E-state index contributed by atoms with van der Waals surface area (Å²) in [6, 6.07) is 15.9. The summed E-state index contributed by atoms with van der Waals surface area (Å²) in [6.45, 7) is 1.41. The van der Waals surface area contributed by atoms with Gasteiger partial charge in [0.15, 0.2) is 0 Å². The first-order chi connectivity index (χ1) is 10.6. The lowest BCUT2D eigenvalue weighted by Gasteiger charge is -2.16. The Bertz CT molecular complexity index is 697. The van der Waals surface area contributed by atoms with Crippen LogP contribution in [0.1, 0.15) is 11.1 Å². The molecule has 0 N–H and O–H groups in total. The summed E-state index contributed by atoms with van der Waals surface area (Å²) in [4.78, 5) is 7.08. The maximum Gasteiger partial charge on any atom is 0.128 e. The highest BCUT2D eigenvalue weighted by molar-refractivity contribution is 6.35. The molecule has 1 aliphatic heterocycles. The van der Waals surface area contributed by atoms with E-state index < -0.39 is 0 Å². The predicted octanol–water partition coefficient (Wildman–Crippen LogP) is 3.50. The van der Waals surface area contributed by atoms with Gasteiger partial charge >= 0.3 is 0 Å². The summed E-state index contributed by atoms with van der Waals surface area (Å²) in [7, 11) is 4.09. The molecule has 22 heavy (non-hydrogen) atoms. The Morgan fingerprint density at radius 2 is 1.77 bits per heavy atom. The molecule has 0 fully saturated rings. The molecule has 0 aliphatic carbocycles. The van der Waals surface area contributed by atoms with Crippen molar-refractivity contribution in [3.05, 3.63) is 64.7 Å². The smallest absolute Gasteiger partial charge is 0.128 e. The van der Waals surface area contributed by atoms with E-state index in [-0.39, 0.29) is 6.04 Å². The number of fused-ring (bicyclic) bond motifs is 1. The molecule has 3 nitrogen and oxygen atoms in total. The van der Waals surface area contributed by atoms with Gasteiger partial charge < -0.3 is 9.64 Å². The number of hydrogen-bond donors (Lipinski definition) is 0. The zero-order valence-corrected chi connectivity index (χ0v) is 13.5. The summed E-state index contributed by atoms with van der Waals surface area (Å²) < 4.78 is 5.97. The normalized spacial score (nSPS) is 17.5. The summed E-state index contributed by atoms with van der Waals surface area (Å²) in [5, 5.41) is 0.710. The van der Waals surface area contributed by atoms with E-state index >= 15 is 0 Å². The molecular formula is C18H19ClN2O. The second kappa shape index (κ2) is 6.51. The van der Waals surface area contributed by atoms with Gasteiger partial charge in [-0.05, 0) is 32.3 Å². The van der Waals surface area contributed by atoms with Gasteiger partial charge in [0.05, 0.1) is 11.8 Å². The van der Waals surface area contributed by atoms with Gasteiger partial charge in [-0.15, -0.1) is 0 Å². The largest absolute Gasteiger partial charge is 0.491 e. The van der Waals surface area contributed by atoms with E-state index in [0.29, 0.717) is 11.6 Å². The van der Waals surface area contributed by atoms with E-state index in [1.807, 2.05) is 62.6 Å². The zero-order valence-electron chi connectivity index (χ0n) is 12.8. The van der Waals surface area contributed by atoms with Crippen LogP contribution in [0.2, 0.25) is 5.02 Å². The minimum atomic E-state index is 0.0775. The van der Waals surface area contributed by atoms with Crippen LogP contribution in [-0.2, 0) is 0 Å². The van der Waals surface area contributed by atoms with E-state index in [1.54, 1.807) is 0 Å². The van der Waals surface area contributed by atoms with Gasteiger partial charge in [-0.2, -0.15) is 0 Å². The van der Waals surface area contributed by atoms with Crippen molar-refractivity contribution in [2.75, 3.05) is 27.2 Å². The SMILES string of the molecule is CN(C)CC1COc2ccccc2C(c2ccccc2Cl)=N1. The van der Waals surface area contributed by atoms with Gasteiger partial charge in [-0.25, -0.2) is 0 Å². The number of benzene rings is 2. The number of hydrogen-bond acceptors (Lipinski definition) is 3. The van der Waals surface area contributed by atoms with Crippen LogP contribution in [0, 0.1) is 0 Å². The first-order valence-electron chi connectivity index (χ1n) is 7.35. The molecule has 1 unspecified atom stereocenters. The molecule has 1 aliphatic rings. The fraction of sp³-hybridized carbons (Fsp3) is 0.278. The van der Waals surface area contributed by atoms with Crippen LogP contribution in [0.4, 0.5) is 0 Å². The Kier molecular flexibility index (Phi) is 4.46. The van der Waals surface area contributed by atoms with Gasteiger partial charge in [0.25, 0.3) is 0 Å². The van der Waals surface area contributed by atoms with Crippen LogP contribution in [0.15, 0.2) is 53.5 Å². The van der Waals surface area contributed by atoms with Gasteiger partial charge in [0, 0.05) is 22.7 Å². The maximum atomic E-state index is 6.40. The first-order valence-corrected chi connectivity index (χ1v) is 7.72. The van der Waals surface area contributed by atoms with Crippen molar-refractivity contribution in [2.24, 2.45) is 4.99 Å². The topological polar surface area (TPSA) is 24.8 Å². The number of nitrogens with zero attached hydrogens (tertiary/aromatic N) is 2. The molecular weight excluding hydrogens is 296 g/mol. The summed E-state index contributed by atoms with van der Waals surface area (Å²) >= 11 is 6.40. The molecule has 1 atom stereocenters. The second-order valence-electron chi connectivity index (χ2n) is 5.68. The van der Waals surface area contributed by atoms with Crippen molar-refractivity contribution in [3.8, 4) is 5.75 Å². The van der Waals surface area contributed by atoms with Crippen LogP contribution in [0.25, 0.3) is 0 Å². The van der Waals surface area contributed by atoms with E-state index in [1.165, 1.54) is 0 Å². The lowest BCUT2D eigenvalue weighted by atomic mass is 10.0. The molecule has 2 aromatic rings.